The molecule has 1 heterocycles. The van der Waals surface area contributed by atoms with Crippen LogP contribution in [0.4, 0.5) is 4.79 Å². The fourth-order valence-corrected chi connectivity index (χ4v) is 2.06. The van der Waals surface area contributed by atoms with E-state index >= 15 is 0 Å². The van der Waals surface area contributed by atoms with Gasteiger partial charge in [-0.3, -0.25) is 0 Å². The highest BCUT2D eigenvalue weighted by molar-refractivity contribution is 8.13. The molecule has 9 heteroatoms. The van der Waals surface area contributed by atoms with Crippen molar-refractivity contribution in [3.8, 4) is 0 Å². The molecule has 0 saturated heterocycles. The van der Waals surface area contributed by atoms with E-state index in [1.807, 2.05) is 0 Å². The number of oxazole rings is 1. The number of hydrogen-bond donors (Lipinski definition) is 1. The van der Waals surface area contributed by atoms with Crippen LogP contribution in [0, 0.1) is 0 Å². The lowest BCUT2D eigenvalue weighted by Crippen LogP contribution is -2.32. The first-order chi connectivity index (χ1) is 8.57. The number of halogens is 1. The molecule has 7 nitrogen and oxygen atoms in total. The molecular weight excluding hydrogens is 296 g/mol. The van der Waals surface area contributed by atoms with E-state index in [1.165, 1.54) is 0 Å². The van der Waals surface area contributed by atoms with Gasteiger partial charge in [-0.25, -0.2) is 18.2 Å². The second-order valence-corrected chi connectivity index (χ2v) is 7.54. The summed E-state index contributed by atoms with van der Waals surface area (Å²) < 4.78 is 31.9. The zero-order valence-corrected chi connectivity index (χ0v) is 12.3. The molecule has 1 N–H and O–H groups in total. The SMILES string of the molecule is CC(C)(C)OC(=O)NCc1ocnc1CS(=O)(=O)Cl. The molecular formula is C10H15ClN2O5S. The first-order valence-electron chi connectivity index (χ1n) is 5.37. The van der Waals surface area contributed by atoms with Gasteiger partial charge in [-0.15, -0.1) is 0 Å². The van der Waals surface area contributed by atoms with Gasteiger partial charge in [0.05, 0.1) is 6.54 Å². The molecule has 0 aromatic carbocycles. The Bertz CT molecular complexity index is 547. The third-order valence-corrected chi connectivity index (χ3v) is 2.77. The van der Waals surface area contributed by atoms with Gasteiger partial charge in [0.2, 0.25) is 9.05 Å². The third-order valence-electron chi connectivity index (χ3n) is 1.83. The van der Waals surface area contributed by atoms with Crippen molar-refractivity contribution < 1.29 is 22.4 Å². The largest absolute Gasteiger partial charge is 0.446 e. The van der Waals surface area contributed by atoms with Crippen LogP contribution in [0.1, 0.15) is 32.2 Å². The Kier molecular flexibility index (Phi) is 4.81. The van der Waals surface area contributed by atoms with Crippen LogP contribution < -0.4 is 5.32 Å². The van der Waals surface area contributed by atoms with Crippen LogP contribution in [-0.2, 0) is 26.1 Å². The molecule has 1 amide bonds. The van der Waals surface area contributed by atoms with Crippen molar-refractivity contribution in [3.05, 3.63) is 17.8 Å². The Balaban J connectivity index is 2.60. The molecule has 1 rings (SSSR count). The molecule has 1 aromatic rings. The Labute approximate surface area is 115 Å². The van der Waals surface area contributed by atoms with Gasteiger partial charge in [0.15, 0.2) is 6.39 Å². The van der Waals surface area contributed by atoms with Crippen molar-refractivity contribution in [1.82, 2.24) is 10.3 Å². The van der Waals surface area contributed by atoms with Crippen molar-refractivity contribution in [1.29, 1.82) is 0 Å². The number of ether oxygens (including phenoxy) is 1. The van der Waals surface area contributed by atoms with E-state index in [0.717, 1.165) is 6.39 Å². The predicted molar refractivity (Wildman–Crippen MR) is 68.1 cm³/mol. The minimum atomic E-state index is -3.73. The predicted octanol–water partition coefficient (Wildman–Crippen LogP) is 1.77. The molecule has 0 aliphatic rings. The van der Waals surface area contributed by atoms with Gasteiger partial charge in [-0.05, 0) is 20.8 Å². The van der Waals surface area contributed by atoms with E-state index in [4.69, 9.17) is 19.8 Å². The second kappa shape index (κ2) is 5.79. The van der Waals surface area contributed by atoms with E-state index in [1.54, 1.807) is 20.8 Å². The average Bonchev–Trinajstić information content (AvgIpc) is 2.56. The number of nitrogens with one attached hydrogen (secondary N) is 1. The number of carbonyl (C=O) groups is 1. The molecule has 0 fully saturated rings. The normalized spacial score (nSPS) is 12.2. The molecule has 0 bridgehead atoms. The highest BCUT2D eigenvalue weighted by atomic mass is 35.7. The van der Waals surface area contributed by atoms with Crippen LogP contribution in [0.3, 0.4) is 0 Å². The van der Waals surface area contributed by atoms with Crippen molar-refractivity contribution in [2.24, 2.45) is 0 Å². The highest BCUT2D eigenvalue weighted by Gasteiger charge is 2.19. The number of rotatable bonds is 4. The Morgan fingerprint density at radius 1 is 1.53 bits per heavy atom. The van der Waals surface area contributed by atoms with Gasteiger partial charge in [0.25, 0.3) is 0 Å². The monoisotopic (exact) mass is 310 g/mol. The molecule has 108 valence electrons. The van der Waals surface area contributed by atoms with Crippen LogP contribution in [0.2, 0.25) is 0 Å². The lowest BCUT2D eigenvalue weighted by Gasteiger charge is -2.19. The Morgan fingerprint density at radius 3 is 2.68 bits per heavy atom. The second-order valence-electron chi connectivity index (χ2n) is 4.76. The van der Waals surface area contributed by atoms with E-state index in [9.17, 15) is 13.2 Å². The number of amides is 1. The van der Waals surface area contributed by atoms with Gasteiger partial charge < -0.3 is 14.5 Å². The lowest BCUT2D eigenvalue weighted by atomic mass is 10.2. The van der Waals surface area contributed by atoms with E-state index in [0.29, 0.717) is 0 Å². The molecule has 0 atom stereocenters. The number of alkyl carbamates (subject to hydrolysis) is 1. The van der Waals surface area contributed by atoms with Crippen LogP contribution in [0.25, 0.3) is 0 Å². The minimum Gasteiger partial charge on any atom is -0.446 e. The molecule has 0 saturated carbocycles. The van der Waals surface area contributed by atoms with Crippen molar-refractivity contribution >= 4 is 25.8 Å². The minimum absolute atomic E-state index is 0.0311. The molecule has 1 aromatic heterocycles. The summed E-state index contributed by atoms with van der Waals surface area (Å²) >= 11 is 0. The number of hydrogen-bond acceptors (Lipinski definition) is 6. The fraction of sp³-hybridized carbons (Fsp3) is 0.600. The zero-order valence-electron chi connectivity index (χ0n) is 10.8. The van der Waals surface area contributed by atoms with Crippen LogP contribution >= 0.6 is 10.7 Å². The molecule has 19 heavy (non-hydrogen) atoms. The van der Waals surface area contributed by atoms with Gasteiger partial charge in [0.1, 0.15) is 22.8 Å². The van der Waals surface area contributed by atoms with Crippen LogP contribution in [0.15, 0.2) is 10.8 Å². The molecule has 0 radical (unpaired) electrons. The summed E-state index contributed by atoms with van der Waals surface area (Å²) in [5, 5.41) is 2.43. The van der Waals surface area contributed by atoms with Crippen molar-refractivity contribution in [2.45, 2.75) is 38.7 Å². The summed E-state index contributed by atoms with van der Waals surface area (Å²) in [6.45, 7) is 5.15. The van der Waals surface area contributed by atoms with Gasteiger partial charge >= 0.3 is 6.09 Å². The summed E-state index contributed by atoms with van der Waals surface area (Å²) in [6, 6.07) is 0. The van der Waals surface area contributed by atoms with Crippen molar-refractivity contribution in [3.63, 3.8) is 0 Å². The third kappa shape index (κ3) is 6.44. The Morgan fingerprint density at radius 2 is 2.16 bits per heavy atom. The van der Waals surface area contributed by atoms with Crippen molar-refractivity contribution in [2.75, 3.05) is 0 Å². The molecule has 0 aliphatic heterocycles. The summed E-state index contributed by atoms with van der Waals surface area (Å²) in [7, 11) is 1.39. The number of aromatic nitrogens is 1. The molecule has 0 aliphatic carbocycles. The summed E-state index contributed by atoms with van der Waals surface area (Å²) in [5.74, 6) is -0.244. The summed E-state index contributed by atoms with van der Waals surface area (Å²) in [4.78, 5) is 15.1. The fourth-order valence-electron chi connectivity index (χ4n) is 1.18. The zero-order chi connectivity index (χ0) is 14.7. The smallest absolute Gasteiger partial charge is 0.408 e. The molecule has 0 unspecified atom stereocenters. The van der Waals surface area contributed by atoms with Gasteiger partial charge in [-0.2, -0.15) is 0 Å². The van der Waals surface area contributed by atoms with Crippen LogP contribution in [-0.4, -0.2) is 25.1 Å². The summed E-state index contributed by atoms with van der Waals surface area (Å²) in [5.41, 5.74) is -0.459. The summed E-state index contributed by atoms with van der Waals surface area (Å²) in [6.07, 6.45) is 0.451. The number of carbonyl (C=O) groups excluding carboxylic acids is 1. The van der Waals surface area contributed by atoms with E-state index in [-0.39, 0.29) is 18.0 Å². The number of nitrogens with zero attached hydrogens (tertiary/aromatic N) is 1. The lowest BCUT2D eigenvalue weighted by molar-refractivity contribution is 0.0520. The molecule has 0 spiro atoms. The Hall–Kier alpha value is -1.28. The first kappa shape index (κ1) is 15.8. The maximum Gasteiger partial charge on any atom is 0.408 e. The topological polar surface area (TPSA) is 98.5 Å². The highest BCUT2D eigenvalue weighted by Crippen LogP contribution is 2.13. The quantitative estimate of drug-likeness (QED) is 0.851. The van der Waals surface area contributed by atoms with Gasteiger partial charge in [0, 0.05) is 10.7 Å². The van der Waals surface area contributed by atoms with Crippen LogP contribution in [0.5, 0.6) is 0 Å². The average molecular weight is 311 g/mol. The maximum atomic E-state index is 11.4. The maximum absolute atomic E-state index is 11.4. The van der Waals surface area contributed by atoms with E-state index < -0.39 is 26.5 Å². The first-order valence-corrected chi connectivity index (χ1v) is 7.85. The van der Waals surface area contributed by atoms with Gasteiger partial charge in [-0.1, -0.05) is 0 Å². The van der Waals surface area contributed by atoms with E-state index in [2.05, 4.69) is 10.3 Å². The standard InChI is InChI=1S/C10H15ClN2O5S/c1-10(2,3)18-9(14)12-4-8-7(13-6-17-8)5-19(11,15)16/h6H,4-5H2,1-3H3,(H,12,14).